The van der Waals surface area contributed by atoms with Gasteiger partial charge < -0.3 is 0 Å². The van der Waals surface area contributed by atoms with Crippen molar-refractivity contribution in [2.24, 2.45) is 0 Å². The van der Waals surface area contributed by atoms with Gasteiger partial charge in [0, 0.05) is 0 Å². The molecule has 0 heteroatoms. The zero-order chi connectivity index (χ0) is 8.23. The van der Waals surface area contributed by atoms with Gasteiger partial charge in [0.1, 0.15) is 0 Å². The Kier molecular flexibility index (Phi) is 1.91. The molecular formula is C12H10. The van der Waals surface area contributed by atoms with Crippen LogP contribution >= 0.6 is 0 Å². The highest BCUT2D eigenvalue weighted by molar-refractivity contribution is 5.47. The van der Waals surface area contributed by atoms with Crippen molar-refractivity contribution in [3.8, 4) is 0 Å². The summed E-state index contributed by atoms with van der Waals surface area (Å²) in [4.78, 5) is 0. The maximum Gasteiger partial charge on any atom is -0.0256 e. The van der Waals surface area contributed by atoms with Crippen LogP contribution in [0.25, 0.3) is 0 Å². The van der Waals surface area contributed by atoms with Gasteiger partial charge in [0.25, 0.3) is 0 Å². The molecule has 0 spiro atoms. The molecule has 0 fully saturated rings. The molecule has 0 amide bonds. The molecule has 0 aromatic heterocycles. The second kappa shape index (κ2) is 3.22. The Bertz CT molecular complexity index is 280. The molecule has 2 aliphatic carbocycles. The monoisotopic (exact) mass is 154 g/mol. The summed E-state index contributed by atoms with van der Waals surface area (Å²) in [6.07, 6.45) is 20.8. The molecule has 58 valence electrons. The van der Waals surface area contributed by atoms with Crippen LogP contribution in [0.3, 0.4) is 0 Å². The van der Waals surface area contributed by atoms with Crippen molar-refractivity contribution in [3.05, 3.63) is 71.9 Å². The van der Waals surface area contributed by atoms with Gasteiger partial charge in [0.2, 0.25) is 0 Å². The van der Waals surface area contributed by atoms with Crippen LogP contribution in [-0.2, 0) is 0 Å². The van der Waals surface area contributed by atoms with E-state index in [1.807, 2.05) is 24.3 Å². The summed E-state index contributed by atoms with van der Waals surface area (Å²) in [7, 11) is 0. The molecule has 2 aliphatic rings. The standard InChI is InChI=1S/C12H10/c1-2-6-11(5-1)9-10-12-7-3-4-8-12/h1-10H. The Balaban J connectivity index is 2.14. The lowest BCUT2D eigenvalue weighted by Crippen LogP contribution is -1.67. The molecule has 0 aromatic rings. The van der Waals surface area contributed by atoms with Crippen LogP contribution in [0.5, 0.6) is 0 Å². The first-order valence-corrected chi connectivity index (χ1v) is 4.07. The molecule has 0 bridgehead atoms. The molecule has 12 heavy (non-hydrogen) atoms. The lowest BCUT2D eigenvalue weighted by molar-refractivity contribution is 1.69. The van der Waals surface area contributed by atoms with Crippen LogP contribution < -0.4 is 0 Å². The highest BCUT2D eigenvalue weighted by atomic mass is 14.0. The van der Waals surface area contributed by atoms with E-state index in [4.69, 9.17) is 0 Å². The minimum Gasteiger partial charge on any atom is -0.0617 e. The fraction of sp³-hybridized carbons (Fsp3) is 0. The molecule has 0 N–H and O–H groups in total. The van der Waals surface area contributed by atoms with Crippen molar-refractivity contribution in [3.63, 3.8) is 0 Å². The van der Waals surface area contributed by atoms with Crippen LogP contribution in [0.2, 0.25) is 0 Å². The van der Waals surface area contributed by atoms with Crippen molar-refractivity contribution in [2.45, 2.75) is 0 Å². The van der Waals surface area contributed by atoms with Crippen molar-refractivity contribution in [2.75, 3.05) is 0 Å². The maximum atomic E-state index is 2.12. The summed E-state index contributed by atoms with van der Waals surface area (Å²) in [5.41, 5.74) is 2.52. The molecule has 0 saturated heterocycles. The molecule has 0 heterocycles. The fourth-order valence-corrected chi connectivity index (χ4v) is 1.19. The van der Waals surface area contributed by atoms with Crippen molar-refractivity contribution in [1.82, 2.24) is 0 Å². The van der Waals surface area contributed by atoms with Gasteiger partial charge in [0.05, 0.1) is 0 Å². The van der Waals surface area contributed by atoms with E-state index in [2.05, 4.69) is 36.5 Å². The van der Waals surface area contributed by atoms with Gasteiger partial charge in [-0.05, 0) is 11.1 Å². The molecule has 0 nitrogen and oxygen atoms in total. The molecule has 0 aromatic carbocycles. The lowest BCUT2D eigenvalue weighted by Gasteiger charge is -1.87. The quantitative estimate of drug-likeness (QED) is 0.544. The van der Waals surface area contributed by atoms with Crippen LogP contribution in [0, 0.1) is 0 Å². The molecule has 0 radical (unpaired) electrons. The second-order valence-electron chi connectivity index (χ2n) is 2.77. The first kappa shape index (κ1) is 7.11. The van der Waals surface area contributed by atoms with Crippen molar-refractivity contribution < 1.29 is 0 Å². The van der Waals surface area contributed by atoms with Gasteiger partial charge in [-0.2, -0.15) is 0 Å². The highest BCUT2D eigenvalue weighted by Crippen LogP contribution is 2.11. The number of allylic oxidation sites excluding steroid dienone is 12. The topological polar surface area (TPSA) is 0 Å². The zero-order valence-corrected chi connectivity index (χ0v) is 6.77. The summed E-state index contributed by atoms with van der Waals surface area (Å²) in [6.45, 7) is 0. The normalized spacial score (nSPS) is 18.0. The smallest absolute Gasteiger partial charge is 0.0256 e. The first-order chi connectivity index (χ1) is 5.95. The third-order valence-electron chi connectivity index (χ3n) is 1.85. The number of hydrogen-bond donors (Lipinski definition) is 0. The summed E-state index contributed by atoms with van der Waals surface area (Å²) in [5.74, 6) is 0. The highest BCUT2D eigenvalue weighted by Gasteiger charge is 1.91. The SMILES string of the molecule is C1=CC(=CC=C2C=CC=C2)C=C1. The van der Waals surface area contributed by atoms with Crippen molar-refractivity contribution in [1.29, 1.82) is 0 Å². The third kappa shape index (κ3) is 1.54. The van der Waals surface area contributed by atoms with Crippen molar-refractivity contribution >= 4 is 0 Å². The predicted molar refractivity (Wildman–Crippen MR) is 52.7 cm³/mol. The maximum absolute atomic E-state index is 2.12. The predicted octanol–water partition coefficient (Wildman–Crippen LogP) is 3.09. The average molecular weight is 154 g/mol. The van der Waals surface area contributed by atoms with E-state index >= 15 is 0 Å². The van der Waals surface area contributed by atoms with Gasteiger partial charge in [-0.1, -0.05) is 60.8 Å². The average Bonchev–Trinajstić information content (AvgIpc) is 2.74. The largest absolute Gasteiger partial charge is 0.0617 e. The van der Waals surface area contributed by atoms with Gasteiger partial charge in [-0.15, -0.1) is 0 Å². The van der Waals surface area contributed by atoms with Gasteiger partial charge in [0.15, 0.2) is 0 Å². The lowest BCUT2D eigenvalue weighted by atomic mass is 10.2. The Hall–Kier alpha value is -1.56. The van der Waals surface area contributed by atoms with Gasteiger partial charge >= 0.3 is 0 Å². The summed E-state index contributed by atoms with van der Waals surface area (Å²) in [6, 6.07) is 0. The van der Waals surface area contributed by atoms with Crippen LogP contribution in [0.1, 0.15) is 0 Å². The van der Waals surface area contributed by atoms with Gasteiger partial charge in [-0.3, -0.25) is 0 Å². The Morgan fingerprint density at radius 3 is 1.25 bits per heavy atom. The van der Waals surface area contributed by atoms with E-state index < -0.39 is 0 Å². The third-order valence-corrected chi connectivity index (χ3v) is 1.85. The van der Waals surface area contributed by atoms with Crippen LogP contribution in [0.15, 0.2) is 71.9 Å². The number of hydrogen-bond acceptors (Lipinski definition) is 0. The summed E-state index contributed by atoms with van der Waals surface area (Å²) >= 11 is 0. The van der Waals surface area contributed by atoms with E-state index in [1.165, 1.54) is 11.1 Å². The van der Waals surface area contributed by atoms with E-state index in [0.717, 1.165) is 0 Å². The zero-order valence-electron chi connectivity index (χ0n) is 6.77. The van der Waals surface area contributed by atoms with Gasteiger partial charge in [-0.25, -0.2) is 0 Å². The van der Waals surface area contributed by atoms with Crippen LogP contribution in [0.4, 0.5) is 0 Å². The molecular weight excluding hydrogens is 144 g/mol. The Morgan fingerprint density at radius 1 is 0.583 bits per heavy atom. The molecule has 0 saturated carbocycles. The second-order valence-corrected chi connectivity index (χ2v) is 2.77. The number of rotatable bonds is 1. The molecule has 0 unspecified atom stereocenters. The van der Waals surface area contributed by atoms with E-state index in [9.17, 15) is 0 Å². The van der Waals surface area contributed by atoms with E-state index in [0.29, 0.717) is 0 Å². The van der Waals surface area contributed by atoms with Crippen LogP contribution in [-0.4, -0.2) is 0 Å². The van der Waals surface area contributed by atoms with E-state index in [1.54, 1.807) is 0 Å². The molecule has 0 aliphatic heterocycles. The minimum absolute atomic E-state index is 1.26. The minimum atomic E-state index is 1.26. The Morgan fingerprint density at radius 2 is 0.917 bits per heavy atom. The summed E-state index contributed by atoms with van der Waals surface area (Å²) in [5, 5.41) is 0. The fourth-order valence-electron chi connectivity index (χ4n) is 1.19. The Labute approximate surface area is 72.6 Å². The summed E-state index contributed by atoms with van der Waals surface area (Å²) < 4.78 is 0. The van der Waals surface area contributed by atoms with E-state index in [-0.39, 0.29) is 0 Å². The first-order valence-electron chi connectivity index (χ1n) is 4.07. The molecule has 0 atom stereocenters. The molecule has 2 rings (SSSR count).